The van der Waals surface area contributed by atoms with Gasteiger partial charge in [0.05, 0.1) is 5.52 Å². The number of fused-ring (bicyclic) bond motifs is 1. The van der Waals surface area contributed by atoms with Gasteiger partial charge < -0.3 is 5.32 Å². The Bertz CT molecular complexity index is 552. The summed E-state index contributed by atoms with van der Waals surface area (Å²) >= 11 is 17.5. The maximum Gasteiger partial charge on any atom is 0.250 e. The third-order valence-electron chi connectivity index (χ3n) is 2.40. The smallest absolute Gasteiger partial charge is 0.250 e. The normalized spacial score (nSPS) is 11.8. The highest BCUT2D eigenvalue weighted by Crippen LogP contribution is 2.37. The first kappa shape index (κ1) is 13.7. The molecule has 0 saturated heterocycles. The Hall–Kier alpha value is -0.770. The van der Waals surface area contributed by atoms with Crippen LogP contribution in [0.3, 0.4) is 0 Å². The molecule has 1 aromatic carbocycles. The highest BCUT2D eigenvalue weighted by atomic mass is 35.6. The molecule has 0 aliphatic carbocycles. The lowest BCUT2D eigenvalue weighted by Gasteiger charge is -2.14. The molecule has 0 fully saturated rings. The zero-order valence-electron chi connectivity index (χ0n) is 9.75. The minimum Gasteiger partial charge on any atom is -0.369 e. The maximum atomic E-state index is 5.84. The number of alkyl halides is 3. The van der Waals surface area contributed by atoms with Crippen LogP contribution in [0.1, 0.15) is 19.2 Å². The lowest BCUT2D eigenvalue weighted by atomic mass is 10.2. The SMILES string of the molecule is CCCNc1nc(C(Cl)(Cl)Cl)nc2ccccc12. The summed E-state index contributed by atoms with van der Waals surface area (Å²) in [5, 5.41) is 4.14. The quantitative estimate of drug-likeness (QED) is 0.860. The number of halogens is 3. The van der Waals surface area contributed by atoms with Gasteiger partial charge in [-0.1, -0.05) is 53.9 Å². The largest absolute Gasteiger partial charge is 0.369 e. The van der Waals surface area contributed by atoms with Gasteiger partial charge in [-0.15, -0.1) is 0 Å². The first-order valence-electron chi connectivity index (χ1n) is 5.60. The van der Waals surface area contributed by atoms with Crippen LogP contribution in [0.15, 0.2) is 24.3 Å². The summed E-state index contributed by atoms with van der Waals surface area (Å²) in [6.45, 7) is 2.88. The number of hydrogen-bond donors (Lipinski definition) is 1. The molecule has 3 nitrogen and oxygen atoms in total. The Kier molecular flexibility index (Phi) is 4.15. The van der Waals surface area contributed by atoms with Crippen LogP contribution in [0.5, 0.6) is 0 Å². The number of nitrogens with one attached hydrogen (secondary N) is 1. The average molecular weight is 305 g/mol. The Labute approximate surface area is 120 Å². The van der Waals surface area contributed by atoms with Crippen LogP contribution in [0.4, 0.5) is 5.82 Å². The second-order valence-electron chi connectivity index (χ2n) is 3.84. The fourth-order valence-electron chi connectivity index (χ4n) is 1.58. The van der Waals surface area contributed by atoms with E-state index in [4.69, 9.17) is 34.8 Å². The molecule has 1 N–H and O–H groups in total. The minimum atomic E-state index is -1.62. The molecular weight excluding hydrogens is 293 g/mol. The molecular formula is C12H12Cl3N3. The van der Waals surface area contributed by atoms with Crippen molar-refractivity contribution >= 4 is 51.5 Å². The zero-order valence-corrected chi connectivity index (χ0v) is 12.0. The van der Waals surface area contributed by atoms with Crippen LogP contribution >= 0.6 is 34.8 Å². The van der Waals surface area contributed by atoms with Crippen LogP contribution in [0, 0.1) is 0 Å². The number of hydrogen-bond acceptors (Lipinski definition) is 3. The summed E-state index contributed by atoms with van der Waals surface area (Å²) < 4.78 is -1.62. The first-order chi connectivity index (χ1) is 8.52. The Morgan fingerprint density at radius 3 is 2.56 bits per heavy atom. The molecule has 96 valence electrons. The zero-order chi connectivity index (χ0) is 13.2. The Morgan fingerprint density at radius 2 is 1.89 bits per heavy atom. The second-order valence-corrected chi connectivity index (χ2v) is 6.12. The predicted molar refractivity (Wildman–Crippen MR) is 77.6 cm³/mol. The molecule has 0 aliphatic rings. The van der Waals surface area contributed by atoms with E-state index in [1.54, 1.807) is 0 Å². The highest BCUT2D eigenvalue weighted by molar-refractivity contribution is 6.66. The molecule has 6 heteroatoms. The summed E-state index contributed by atoms with van der Waals surface area (Å²) in [6, 6.07) is 7.63. The monoisotopic (exact) mass is 303 g/mol. The van der Waals surface area contributed by atoms with Crippen LogP contribution in [-0.4, -0.2) is 16.5 Å². The van der Waals surface area contributed by atoms with Crippen LogP contribution in [0.2, 0.25) is 0 Å². The van der Waals surface area contributed by atoms with E-state index >= 15 is 0 Å². The third-order valence-corrected chi connectivity index (χ3v) is 2.91. The molecule has 1 heterocycles. The van der Waals surface area contributed by atoms with E-state index in [2.05, 4.69) is 22.2 Å². The molecule has 0 amide bonds. The van der Waals surface area contributed by atoms with Gasteiger partial charge in [0.1, 0.15) is 5.82 Å². The fourth-order valence-corrected chi connectivity index (χ4v) is 1.84. The second kappa shape index (κ2) is 5.47. The number of nitrogens with zero attached hydrogens (tertiary/aromatic N) is 2. The van der Waals surface area contributed by atoms with Gasteiger partial charge in [-0.25, -0.2) is 9.97 Å². The van der Waals surface area contributed by atoms with Gasteiger partial charge in [0.15, 0.2) is 5.82 Å². The number of aromatic nitrogens is 2. The maximum absolute atomic E-state index is 5.84. The lowest BCUT2D eigenvalue weighted by Crippen LogP contribution is -2.11. The van der Waals surface area contributed by atoms with E-state index in [0.29, 0.717) is 5.82 Å². The minimum absolute atomic E-state index is 0.185. The standard InChI is InChI=1S/C12H12Cl3N3/c1-2-7-16-10-8-5-3-4-6-9(8)17-11(18-10)12(13,14)15/h3-6H,2,7H2,1H3,(H,16,17,18). The molecule has 0 bridgehead atoms. The van der Waals surface area contributed by atoms with E-state index in [-0.39, 0.29) is 5.82 Å². The number of para-hydroxylation sites is 1. The van der Waals surface area contributed by atoms with Gasteiger partial charge in [0, 0.05) is 11.9 Å². The Morgan fingerprint density at radius 1 is 1.17 bits per heavy atom. The van der Waals surface area contributed by atoms with Crippen molar-refractivity contribution in [1.29, 1.82) is 0 Å². The topological polar surface area (TPSA) is 37.8 Å². The van der Waals surface area contributed by atoms with E-state index in [1.807, 2.05) is 24.3 Å². The van der Waals surface area contributed by atoms with Crippen molar-refractivity contribution in [2.45, 2.75) is 17.1 Å². The van der Waals surface area contributed by atoms with Gasteiger partial charge in [0.25, 0.3) is 0 Å². The van der Waals surface area contributed by atoms with Crippen molar-refractivity contribution in [3.8, 4) is 0 Å². The van der Waals surface area contributed by atoms with E-state index < -0.39 is 3.79 Å². The van der Waals surface area contributed by atoms with Crippen molar-refractivity contribution in [2.24, 2.45) is 0 Å². The molecule has 2 aromatic rings. The van der Waals surface area contributed by atoms with Crippen molar-refractivity contribution in [3.63, 3.8) is 0 Å². The molecule has 2 rings (SSSR count). The lowest BCUT2D eigenvalue weighted by molar-refractivity contribution is 0.946. The van der Waals surface area contributed by atoms with Gasteiger partial charge in [-0.3, -0.25) is 0 Å². The third kappa shape index (κ3) is 2.97. The van der Waals surface area contributed by atoms with Crippen molar-refractivity contribution in [3.05, 3.63) is 30.1 Å². The fraction of sp³-hybridized carbons (Fsp3) is 0.333. The van der Waals surface area contributed by atoms with Gasteiger partial charge >= 0.3 is 0 Å². The number of rotatable bonds is 3. The molecule has 0 spiro atoms. The summed E-state index contributed by atoms with van der Waals surface area (Å²) in [5.41, 5.74) is 0.757. The van der Waals surface area contributed by atoms with Gasteiger partial charge in [0.2, 0.25) is 3.79 Å². The molecule has 0 unspecified atom stereocenters. The number of anilines is 1. The predicted octanol–water partition coefficient (Wildman–Crippen LogP) is 4.28. The summed E-state index contributed by atoms with van der Waals surface area (Å²) in [4.78, 5) is 8.56. The van der Waals surface area contributed by atoms with Crippen LogP contribution in [0.25, 0.3) is 10.9 Å². The van der Waals surface area contributed by atoms with Gasteiger partial charge in [-0.05, 0) is 18.6 Å². The molecule has 1 aromatic heterocycles. The van der Waals surface area contributed by atoms with Crippen LogP contribution in [-0.2, 0) is 3.79 Å². The molecule has 0 aliphatic heterocycles. The summed E-state index contributed by atoms with van der Waals surface area (Å²) in [6.07, 6.45) is 0.988. The Balaban J connectivity index is 2.57. The average Bonchev–Trinajstić information content (AvgIpc) is 2.34. The molecule has 0 saturated carbocycles. The molecule has 0 radical (unpaired) electrons. The van der Waals surface area contributed by atoms with E-state index in [1.165, 1.54) is 0 Å². The van der Waals surface area contributed by atoms with Crippen molar-refractivity contribution < 1.29 is 0 Å². The first-order valence-corrected chi connectivity index (χ1v) is 6.73. The summed E-state index contributed by atoms with van der Waals surface area (Å²) in [5.74, 6) is 0.883. The highest BCUT2D eigenvalue weighted by Gasteiger charge is 2.27. The van der Waals surface area contributed by atoms with Crippen LogP contribution < -0.4 is 5.32 Å². The van der Waals surface area contributed by atoms with E-state index in [9.17, 15) is 0 Å². The van der Waals surface area contributed by atoms with Gasteiger partial charge in [-0.2, -0.15) is 0 Å². The van der Waals surface area contributed by atoms with E-state index in [0.717, 1.165) is 23.9 Å². The van der Waals surface area contributed by atoms with Crippen molar-refractivity contribution in [1.82, 2.24) is 9.97 Å². The summed E-state index contributed by atoms with van der Waals surface area (Å²) in [7, 11) is 0. The molecule has 0 atom stereocenters. The molecule has 18 heavy (non-hydrogen) atoms. The number of benzene rings is 1. The van der Waals surface area contributed by atoms with Crippen molar-refractivity contribution in [2.75, 3.05) is 11.9 Å².